The molecule has 0 unspecified atom stereocenters. The molecule has 16 heavy (non-hydrogen) atoms. The summed E-state index contributed by atoms with van der Waals surface area (Å²) in [6, 6.07) is 0.585. The summed E-state index contributed by atoms with van der Waals surface area (Å²) in [6.07, 6.45) is 2.44. The maximum absolute atomic E-state index is 5.69. The Morgan fingerprint density at radius 2 is 1.81 bits per heavy atom. The van der Waals surface area contributed by atoms with Gasteiger partial charge < -0.3 is 15.5 Å². The molecule has 0 amide bonds. The van der Waals surface area contributed by atoms with Crippen molar-refractivity contribution in [3.05, 3.63) is 0 Å². The van der Waals surface area contributed by atoms with Gasteiger partial charge in [-0.1, -0.05) is 0 Å². The van der Waals surface area contributed by atoms with Gasteiger partial charge in [0.05, 0.1) is 0 Å². The van der Waals surface area contributed by atoms with E-state index < -0.39 is 0 Å². The molecule has 1 aliphatic carbocycles. The fourth-order valence-electron chi connectivity index (χ4n) is 1.65. The summed E-state index contributed by atoms with van der Waals surface area (Å²) in [4.78, 5) is 16.7. The Bertz CT molecular complexity index is 374. The molecular weight excluding hydrogens is 204 g/mol. The largest absolute Gasteiger partial charge is 0.368 e. The van der Waals surface area contributed by atoms with Crippen molar-refractivity contribution in [2.75, 3.05) is 36.2 Å². The number of nitrogens with two attached hydrogens (primary N) is 1. The molecule has 6 nitrogen and oxygen atoms in total. The van der Waals surface area contributed by atoms with Crippen molar-refractivity contribution in [2.24, 2.45) is 0 Å². The van der Waals surface area contributed by atoms with Crippen LogP contribution < -0.4 is 15.5 Å². The molecule has 1 aromatic heterocycles. The van der Waals surface area contributed by atoms with E-state index in [4.69, 9.17) is 5.73 Å². The number of anilines is 3. The van der Waals surface area contributed by atoms with E-state index in [1.54, 1.807) is 0 Å². The van der Waals surface area contributed by atoms with Crippen molar-refractivity contribution < 1.29 is 0 Å². The van der Waals surface area contributed by atoms with E-state index >= 15 is 0 Å². The van der Waals surface area contributed by atoms with Crippen LogP contribution in [0.15, 0.2) is 0 Å². The van der Waals surface area contributed by atoms with Crippen LogP contribution in [0.25, 0.3) is 0 Å². The first-order valence-corrected chi connectivity index (χ1v) is 5.57. The van der Waals surface area contributed by atoms with Gasteiger partial charge in [-0.05, 0) is 19.8 Å². The quantitative estimate of drug-likeness (QED) is 0.800. The first-order chi connectivity index (χ1) is 7.61. The van der Waals surface area contributed by atoms with Crippen molar-refractivity contribution in [1.82, 2.24) is 15.0 Å². The summed E-state index contributed by atoms with van der Waals surface area (Å²) in [5.74, 6) is 1.59. The molecule has 0 bridgehead atoms. The van der Waals surface area contributed by atoms with Gasteiger partial charge in [0.25, 0.3) is 0 Å². The standard InChI is InChI=1S/C10H18N6/c1-4-16(7-5-6-7)10-13-8(11)12-9(14-10)15(2)3/h7H,4-6H2,1-3H3,(H2,11,12,13,14). The fourth-order valence-corrected chi connectivity index (χ4v) is 1.65. The van der Waals surface area contributed by atoms with Gasteiger partial charge in [-0.2, -0.15) is 15.0 Å². The highest BCUT2D eigenvalue weighted by Gasteiger charge is 2.30. The zero-order chi connectivity index (χ0) is 11.7. The molecule has 0 spiro atoms. The Kier molecular flexibility index (Phi) is 2.80. The molecule has 0 atom stereocenters. The van der Waals surface area contributed by atoms with Gasteiger partial charge in [-0.25, -0.2) is 0 Å². The molecule has 0 radical (unpaired) electrons. The third-order valence-corrected chi connectivity index (χ3v) is 2.61. The number of rotatable bonds is 4. The lowest BCUT2D eigenvalue weighted by Crippen LogP contribution is -2.28. The average Bonchev–Trinajstić information content (AvgIpc) is 3.02. The molecule has 6 heteroatoms. The zero-order valence-corrected chi connectivity index (χ0v) is 10.0. The molecule has 2 N–H and O–H groups in total. The molecular formula is C10H18N6. The second-order valence-corrected chi connectivity index (χ2v) is 4.21. The third kappa shape index (κ3) is 2.15. The number of hydrogen-bond acceptors (Lipinski definition) is 6. The van der Waals surface area contributed by atoms with Crippen LogP contribution in [0.3, 0.4) is 0 Å². The summed E-state index contributed by atoms with van der Waals surface area (Å²) >= 11 is 0. The van der Waals surface area contributed by atoms with Crippen LogP contribution in [0.2, 0.25) is 0 Å². The topological polar surface area (TPSA) is 71.2 Å². The molecule has 0 aromatic carbocycles. The van der Waals surface area contributed by atoms with Crippen molar-refractivity contribution in [3.8, 4) is 0 Å². The lowest BCUT2D eigenvalue weighted by Gasteiger charge is -2.21. The Hall–Kier alpha value is -1.59. The predicted molar refractivity (Wildman–Crippen MR) is 64.6 cm³/mol. The van der Waals surface area contributed by atoms with Gasteiger partial charge in [0.1, 0.15) is 0 Å². The van der Waals surface area contributed by atoms with Gasteiger partial charge in [0.2, 0.25) is 17.8 Å². The van der Waals surface area contributed by atoms with E-state index in [0.717, 1.165) is 6.54 Å². The smallest absolute Gasteiger partial charge is 0.232 e. The molecule has 88 valence electrons. The van der Waals surface area contributed by atoms with Crippen LogP contribution in [-0.4, -0.2) is 41.6 Å². The third-order valence-electron chi connectivity index (χ3n) is 2.61. The summed E-state index contributed by atoms with van der Waals surface area (Å²) in [5, 5.41) is 0. The molecule has 0 aliphatic heterocycles. The summed E-state index contributed by atoms with van der Waals surface area (Å²) < 4.78 is 0. The SMILES string of the molecule is CCN(c1nc(N)nc(N(C)C)n1)C1CC1. The first-order valence-electron chi connectivity index (χ1n) is 5.57. The van der Waals surface area contributed by atoms with E-state index in [0.29, 0.717) is 17.9 Å². The molecule has 1 aromatic rings. The van der Waals surface area contributed by atoms with Crippen molar-refractivity contribution in [3.63, 3.8) is 0 Å². The van der Waals surface area contributed by atoms with Gasteiger partial charge >= 0.3 is 0 Å². The zero-order valence-electron chi connectivity index (χ0n) is 10.0. The minimum absolute atomic E-state index is 0.285. The van der Waals surface area contributed by atoms with Crippen molar-refractivity contribution >= 4 is 17.8 Å². The molecule has 1 heterocycles. The van der Waals surface area contributed by atoms with Gasteiger partial charge in [0, 0.05) is 26.7 Å². The van der Waals surface area contributed by atoms with Crippen molar-refractivity contribution in [1.29, 1.82) is 0 Å². The van der Waals surface area contributed by atoms with Crippen LogP contribution in [-0.2, 0) is 0 Å². The lowest BCUT2D eigenvalue weighted by atomic mass is 10.5. The Balaban J connectivity index is 2.31. The first kappa shape index (κ1) is 10.9. The van der Waals surface area contributed by atoms with E-state index in [-0.39, 0.29) is 5.95 Å². The molecule has 1 saturated carbocycles. The summed E-state index contributed by atoms with van der Waals surface area (Å²) in [5.41, 5.74) is 5.69. The number of nitrogens with zero attached hydrogens (tertiary/aromatic N) is 5. The molecule has 1 aliphatic rings. The highest BCUT2D eigenvalue weighted by Crippen LogP contribution is 2.29. The monoisotopic (exact) mass is 222 g/mol. The van der Waals surface area contributed by atoms with E-state index in [2.05, 4.69) is 26.8 Å². The maximum atomic E-state index is 5.69. The van der Waals surface area contributed by atoms with Gasteiger partial charge in [0.15, 0.2) is 0 Å². The fraction of sp³-hybridized carbons (Fsp3) is 0.700. The summed E-state index contributed by atoms with van der Waals surface area (Å²) in [6.45, 7) is 3.01. The van der Waals surface area contributed by atoms with E-state index in [1.807, 2.05) is 19.0 Å². The number of aromatic nitrogens is 3. The Labute approximate surface area is 95.5 Å². The second-order valence-electron chi connectivity index (χ2n) is 4.21. The minimum Gasteiger partial charge on any atom is -0.368 e. The second kappa shape index (κ2) is 4.11. The Morgan fingerprint density at radius 1 is 1.19 bits per heavy atom. The predicted octanol–water partition coefficient (Wildman–Crippen LogP) is 0.508. The van der Waals surface area contributed by atoms with Gasteiger partial charge in [-0.3, -0.25) is 0 Å². The van der Waals surface area contributed by atoms with E-state index in [9.17, 15) is 0 Å². The average molecular weight is 222 g/mol. The normalized spacial score (nSPS) is 14.9. The lowest BCUT2D eigenvalue weighted by molar-refractivity contribution is 0.778. The van der Waals surface area contributed by atoms with Crippen molar-refractivity contribution in [2.45, 2.75) is 25.8 Å². The Morgan fingerprint density at radius 3 is 2.31 bits per heavy atom. The van der Waals surface area contributed by atoms with Crippen LogP contribution in [0.1, 0.15) is 19.8 Å². The number of nitrogen functional groups attached to an aromatic ring is 1. The molecule has 2 rings (SSSR count). The highest BCUT2D eigenvalue weighted by atomic mass is 15.4. The van der Waals surface area contributed by atoms with Crippen LogP contribution >= 0.6 is 0 Å². The highest BCUT2D eigenvalue weighted by molar-refractivity contribution is 5.44. The van der Waals surface area contributed by atoms with Crippen LogP contribution in [0, 0.1) is 0 Å². The van der Waals surface area contributed by atoms with Crippen LogP contribution in [0.4, 0.5) is 17.8 Å². The minimum atomic E-state index is 0.285. The molecule has 0 saturated heterocycles. The summed E-state index contributed by atoms with van der Waals surface area (Å²) in [7, 11) is 3.79. The van der Waals surface area contributed by atoms with Crippen LogP contribution in [0.5, 0.6) is 0 Å². The maximum Gasteiger partial charge on any atom is 0.232 e. The van der Waals surface area contributed by atoms with Gasteiger partial charge in [-0.15, -0.1) is 0 Å². The van der Waals surface area contributed by atoms with E-state index in [1.165, 1.54) is 12.8 Å². The number of hydrogen-bond donors (Lipinski definition) is 1. The molecule has 1 fully saturated rings.